The maximum atomic E-state index is 10.6. The second-order valence-electron chi connectivity index (χ2n) is 4.19. The number of rotatable bonds is 7. The lowest BCUT2D eigenvalue weighted by atomic mass is 9.95. The zero-order chi connectivity index (χ0) is 10.3. The third-order valence-electron chi connectivity index (χ3n) is 1.88. The molecule has 3 nitrogen and oxygen atoms in total. The zero-order valence-corrected chi connectivity index (χ0v) is 9.17. The fourth-order valence-corrected chi connectivity index (χ4v) is 1.29. The number of carbonyl (C=O) groups excluding carboxylic acids is 1. The lowest BCUT2D eigenvalue weighted by Gasteiger charge is -2.25. The summed E-state index contributed by atoms with van der Waals surface area (Å²) in [5.74, 6) is 0. The topological polar surface area (TPSA) is 29.5 Å². The number of methoxy groups -OCH3 is 1. The van der Waals surface area contributed by atoms with Gasteiger partial charge in [-0.15, -0.1) is 0 Å². The SMILES string of the molecule is COCCCN(C)CC(C)(C)C=O. The second kappa shape index (κ2) is 6.11. The molecule has 0 aromatic carbocycles. The Hall–Kier alpha value is -0.410. The maximum absolute atomic E-state index is 10.6. The lowest BCUT2D eigenvalue weighted by molar-refractivity contribution is -0.115. The van der Waals surface area contributed by atoms with Gasteiger partial charge in [-0.25, -0.2) is 0 Å². The quantitative estimate of drug-likeness (QED) is 0.443. The van der Waals surface area contributed by atoms with Crippen molar-refractivity contribution in [1.29, 1.82) is 0 Å². The number of ether oxygens (including phenoxy) is 1. The predicted octanol–water partition coefficient (Wildman–Crippen LogP) is 1.18. The fraction of sp³-hybridized carbons (Fsp3) is 0.900. The van der Waals surface area contributed by atoms with E-state index in [0.29, 0.717) is 0 Å². The molecule has 0 rings (SSSR count). The minimum absolute atomic E-state index is 0.234. The van der Waals surface area contributed by atoms with E-state index in [1.165, 1.54) is 0 Å². The van der Waals surface area contributed by atoms with E-state index in [1.807, 2.05) is 20.9 Å². The molecule has 0 unspecified atom stereocenters. The lowest BCUT2D eigenvalue weighted by Crippen LogP contribution is -2.33. The predicted molar refractivity (Wildman–Crippen MR) is 53.8 cm³/mol. The first-order valence-electron chi connectivity index (χ1n) is 4.65. The van der Waals surface area contributed by atoms with Crippen molar-refractivity contribution < 1.29 is 9.53 Å². The van der Waals surface area contributed by atoms with Crippen LogP contribution in [0, 0.1) is 5.41 Å². The van der Waals surface area contributed by atoms with E-state index in [4.69, 9.17) is 4.74 Å². The Labute approximate surface area is 81.1 Å². The highest BCUT2D eigenvalue weighted by Crippen LogP contribution is 2.12. The van der Waals surface area contributed by atoms with E-state index in [1.54, 1.807) is 7.11 Å². The molecular formula is C10H21NO2. The molecule has 0 amide bonds. The monoisotopic (exact) mass is 187 g/mol. The highest BCUT2D eigenvalue weighted by Gasteiger charge is 2.18. The standard InChI is InChI=1S/C10H21NO2/c1-10(2,9-12)8-11(3)6-5-7-13-4/h9H,5-8H2,1-4H3. The molecule has 78 valence electrons. The van der Waals surface area contributed by atoms with Crippen LogP contribution in [0.1, 0.15) is 20.3 Å². The van der Waals surface area contributed by atoms with Gasteiger partial charge in [0.25, 0.3) is 0 Å². The van der Waals surface area contributed by atoms with Crippen LogP contribution in [-0.2, 0) is 9.53 Å². The minimum atomic E-state index is -0.234. The number of carbonyl (C=O) groups is 1. The molecule has 13 heavy (non-hydrogen) atoms. The molecule has 0 aromatic heterocycles. The van der Waals surface area contributed by atoms with Crippen LogP contribution >= 0.6 is 0 Å². The summed E-state index contributed by atoms with van der Waals surface area (Å²) in [6.07, 6.45) is 2.03. The molecule has 0 heterocycles. The normalized spacial score (nSPS) is 12.1. The Bertz CT molecular complexity index is 146. The van der Waals surface area contributed by atoms with E-state index < -0.39 is 0 Å². The van der Waals surface area contributed by atoms with Crippen molar-refractivity contribution in [2.24, 2.45) is 5.41 Å². The molecule has 0 aliphatic heterocycles. The molecular weight excluding hydrogens is 166 g/mol. The zero-order valence-electron chi connectivity index (χ0n) is 9.17. The largest absolute Gasteiger partial charge is 0.385 e. The van der Waals surface area contributed by atoms with Crippen LogP contribution in [0.25, 0.3) is 0 Å². The van der Waals surface area contributed by atoms with Crippen molar-refractivity contribution in [1.82, 2.24) is 4.90 Å². The van der Waals surface area contributed by atoms with Gasteiger partial charge in [-0.2, -0.15) is 0 Å². The highest BCUT2D eigenvalue weighted by molar-refractivity contribution is 5.58. The number of hydrogen-bond acceptors (Lipinski definition) is 3. The summed E-state index contributed by atoms with van der Waals surface area (Å²) in [4.78, 5) is 12.8. The smallest absolute Gasteiger partial charge is 0.126 e. The molecule has 0 aliphatic rings. The van der Waals surface area contributed by atoms with E-state index in [0.717, 1.165) is 32.4 Å². The van der Waals surface area contributed by atoms with Gasteiger partial charge in [-0.1, -0.05) is 13.8 Å². The summed E-state index contributed by atoms with van der Waals surface area (Å²) in [6.45, 7) is 6.47. The summed E-state index contributed by atoms with van der Waals surface area (Å²) in [7, 11) is 3.73. The van der Waals surface area contributed by atoms with Crippen molar-refractivity contribution in [3.8, 4) is 0 Å². The van der Waals surface area contributed by atoms with Crippen LogP contribution in [0.5, 0.6) is 0 Å². The minimum Gasteiger partial charge on any atom is -0.385 e. The van der Waals surface area contributed by atoms with Gasteiger partial charge in [-0.05, 0) is 13.5 Å². The van der Waals surface area contributed by atoms with E-state index in [-0.39, 0.29) is 5.41 Å². The van der Waals surface area contributed by atoms with E-state index in [9.17, 15) is 4.79 Å². The average Bonchev–Trinajstić information content (AvgIpc) is 2.04. The summed E-state index contributed by atoms with van der Waals surface area (Å²) in [6, 6.07) is 0. The first-order valence-corrected chi connectivity index (χ1v) is 4.65. The van der Waals surface area contributed by atoms with Crippen molar-refractivity contribution in [2.45, 2.75) is 20.3 Å². The van der Waals surface area contributed by atoms with Gasteiger partial charge in [-0.3, -0.25) is 0 Å². The number of nitrogens with zero attached hydrogens (tertiary/aromatic N) is 1. The molecule has 0 aromatic rings. The first kappa shape index (κ1) is 12.6. The molecule has 0 spiro atoms. The Kier molecular flexibility index (Phi) is 5.91. The molecule has 0 saturated carbocycles. The van der Waals surface area contributed by atoms with Crippen molar-refractivity contribution >= 4 is 6.29 Å². The van der Waals surface area contributed by atoms with Gasteiger partial charge in [0, 0.05) is 32.2 Å². The van der Waals surface area contributed by atoms with Gasteiger partial charge >= 0.3 is 0 Å². The Balaban J connectivity index is 3.61. The van der Waals surface area contributed by atoms with Crippen molar-refractivity contribution in [3.63, 3.8) is 0 Å². The van der Waals surface area contributed by atoms with Crippen LogP contribution in [0.4, 0.5) is 0 Å². The molecule has 0 radical (unpaired) electrons. The Morgan fingerprint density at radius 2 is 2.08 bits per heavy atom. The summed E-state index contributed by atoms with van der Waals surface area (Å²) < 4.78 is 4.95. The summed E-state index contributed by atoms with van der Waals surface area (Å²) >= 11 is 0. The van der Waals surface area contributed by atoms with Gasteiger partial charge in [0.1, 0.15) is 6.29 Å². The van der Waals surface area contributed by atoms with Crippen LogP contribution in [0.15, 0.2) is 0 Å². The Morgan fingerprint density at radius 3 is 2.54 bits per heavy atom. The van der Waals surface area contributed by atoms with E-state index in [2.05, 4.69) is 4.90 Å². The molecule has 0 aliphatic carbocycles. The molecule has 0 N–H and O–H groups in total. The molecule has 0 saturated heterocycles. The number of hydrogen-bond donors (Lipinski definition) is 0. The maximum Gasteiger partial charge on any atom is 0.126 e. The molecule has 0 atom stereocenters. The summed E-state index contributed by atoms with van der Waals surface area (Å²) in [5, 5.41) is 0. The Morgan fingerprint density at radius 1 is 1.46 bits per heavy atom. The van der Waals surface area contributed by atoms with Crippen LogP contribution in [0.2, 0.25) is 0 Å². The van der Waals surface area contributed by atoms with Gasteiger partial charge < -0.3 is 14.4 Å². The molecule has 0 fully saturated rings. The van der Waals surface area contributed by atoms with Crippen LogP contribution < -0.4 is 0 Å². The summed E-state index contributed by atoms with van der Waals surface area (Å²) in [5.41, 5.74) is -0.234. The highest BCUT2D eigenvalue weighted by atomic mass is 16.5. The molecule has 0 bridgehead atoms. The first-order chi connectivity index (χ1) is 6.02. The van der Waals surface area contributed by atoms with Crippen molar-refractivity contribution in [2.75, 3.05) is 33.9 Å². The third kappa shape index (κ3) is 6.72. The average molecular weight is 187 g/mol. The second-order valence-corrected chi connectivity index (χ2v) is 4.19. The van der Waals surface area contributed by atoms with Gasteiger partial charge in [0.15, 0.2) is 0 Å². The van der Waals surface area contributed by atoms with E-state index >= 15 is 0 Å². The van der Waals surface area contributed by atoms with Crippen LogP contribution in [-0.4, -0.2) is 45.0 Å². The van der Waals surface area contributed by atoms with Crippen LogP contribution in [0.3, 0.4) is 0 Å². The van der Waals surface area contributed by atoms with Gasteiger partial charge in [0.05, 0.1) is 0 Å². The van der Waals surface area contributed by atoms with Crippen molar-refractivity contribution in [3.05, 3.63) is 0 Å². The third-order valence-corrected chi connectivity index (χ3v) is 1.88. The number of aldehydes is 1. The molecule has 3 heteroatoms. The fourth-order valence-electron chi connectivity index (χ4n) is 1.29. The van der Waals surface area contributed by atoms with Gasteiger partial charge in [0.2, 0.25) is 0 Å².